The van der Waals surface area contributed by atoms with Crippen LogP contribution in [0.1, 0.15) is 61.4 Å². The van der Waals surface area contributed by atoms with Crippen LogP contribution in [0.15, 0.2) is 117 Å². The molecular weight excluding hydrogens is 1040 g/mol. The van der Waals surface area contributed by atoms with Gasteiger partial charge in [0.2, 0.25) is 0 Å². The first-order valence-electron chi connectivity index (χ1n) is 24.6. The molecule has 3 fully saturated rings. The minimum atomic E-state index is -6.06. The predicted octanol–water partition coefficient (Wildman–Crippen LogP) is 8.66. The number of alkyl halides is 3. The number of anilines is 2. The molecule has 3 heterocycles. The molecule has 0 aromatic heterocycles. The van der Waals surface area contributed by atoms with Crippen LogP contribution in [0.5, 0.6) is 0 Å². The van der Waals surface area contributed by atoms with Crippen LogP contribution in [0.2, 0.25) is 5.02 Å². The van der Waals surface area contributed by atoms with Gasteiger partial charge in [0.05, 0.1) is 23.8 Å². The number of ether oxygens (including phenoxy) is 1. The highest BCUT2D eigenvalue weighted by atomic mass is 35.5. The van der Waals surface area contributed by atoms with E-state index in [2.05, 4.69) is 44.0 Å². The van der Waals surface area contributed by atoms with Crippen LogP contribution < -0.4 is 20.7 Å². The number of morpholine rings is 1. The van der Waals surface area contributed by atoms with Crippen molar-refractivity contribution >= 4 is 78.5 Å². The third-order valence-corrected chi connectivity index (χ3v) is 18.6. The number of benzene rings is 4. The summed E-state index contributed by atoms with van der Waals surface area (Å²) in [6, 6.07) is 26.2. The Morgan fingerprint density at radius 3 is 2.19 bits per heavy atom. The maximum absolute atomic E-state index is 14.2. The molecular formula is C52H66Cl2F3N7O6S3. The lowest BCUT2D eigenvalue weighted by Crippen LogP contribution is -2.48. The largest absolute Gasteiger partial charge is 0.501 e. The Morgan fingerprint density at radius 2 is 1.53 bits per heavy atom. The summed E-state index contributed by atoms with van der Waals surface area (Å²) >= 11 is 7.74. The Morgan fingerprint density at radius 1 is 0.863 bits per heavy atom. The second kappa shape index (κ2) is 24.8. The fraction of sp³-hybridized carbons (Fsp3) is 0.481. The Hall–Kier alpha value is -3.89. The molecule has 0 spiro atoms. The summed E-state index contributed by atoms with van der Waals surface area (Å²) in [5.41, 5.74) is 5.15. The normalized spacial score (nSPS) is 20.6. The zero-order valence-electron chi connectivity index (χ0n) is 41.0. The van der Waals surface area contributed by atoms with Crippen molar-refractivity contribution in [3.8, 4) is 0 Å². The van der Waals surface area contributed by atoms with E-state index in [0.29, 0.717) is 56.1 Å². The molecule has 1 amide bonds. The van der Waals surface area contributed by atoms with Crippen molar-refractivity contribution in [2.45, 2.75) is 77.7 Å². The Kier molecular flexibility index (Phi) is 19.3. The van der Waals surface area contributed by atoms with Crippen LogP contribution in [0, 0.1) is 5.41 Å². The number of carbonyl (C=O) groups is 1. The molecule has 4 N–H and O–H groups in total. The SMILES string of the molecule is CC1(CN2CCC(N)CC2)CCC(c2ccc(Cl)cc2)=C(CN2CCN(c3ccc(C(=O)NS(=O)(=O)c4ccc(NC(CCN5CCOCC5)CSc5ccccc5)c(S(=O)(=O)C(F)(F)F)c4)cc3)CC2)C1.Cl. The molecule has 0 saturated carbocycles. The van der Waals surface area contributed by atoms with Crippen molar-refractivity contribution in [3.63, 3.8) is 0 Å². The van der Waals surface area contributed by atoms with Gasteiger partial charge in [-0.25, -0.2) is 21.6 Å². The van der Waals surface area contributed by atoms with Crippen molar-refractivity contribution in [1.82, 2.24) is 19.4 Å². The number of hydrogen-bond donors (Lipinski definition) is 3. The highest BCUT2D eigenvalue weighted by molar-refractivity contribution is 7.99. The third kappa shape index (κ3) is 14.9. The van der Waals surface area contributed by atoms with Crippen LogP contribution in [0.4, 0.5) is 24.5 Å². The highest BCUT2D eigenvalue weighted by Crippen LogP contribution is 2.44. The van der Waals surface area contributed by atoms with Gasteiger partial charge in [-0.15, -0.1) is 24.2 Å². The van der Waals surface area contributed by atoms with Gasteiger partial charge in [-0.05, 0) is 135 Å². The van der Waals surface area contributed by atoms with E-state index in [-0.39, 0.29) is 29.4 Å². The fourth-order valence-electron chi connectivity index (χ4n) is 10.2. The molecule has 3 aliphatic heterocycles. The Bertz CT molecular complexity index is 2740. The lowest BCUT2D eigenvalue weighted by Gasteiger charge is -2.43. The molecule has 21 heteroatoms. The highest BCUT2D eigenvalue weighted by Gasteiger charge is 2.48. The number of nitrogens with two attached hydrogens (primary N) is 1. The van der Waals surface area contributed by atoms with Gasteiger partial charge >= 0.3 is 5.51 Å². The van der Waals surface area contributed by atoms with Gasteiger partial charge in [0.25, 0.3) is 25.8 Å². The number of likely N-dealkylation sites (tertiary alicyclic amines) is 1. The van der Waals surface area contributed by atoms with E-state index in [1.807, 2.05) is 47.2 Å². The quantitative estimate of drug-likeness (QED) is 0.0815. The Balaban J connectivity index is 0.00000780. The number of piperazine rings is 1. The molecule has 4 aromatic rings. The molecule has 4 aliphatic rings. The first-order chi connectivity index (χ1) is 34.3. The van der Waals surface area contributed by atoms with Gasteiger partial charge in [0.1, 0.15) is 4.90 Å². The summed E-state index contributed by atoms with van der Waals surface area (Å²) in [6.45, 7) is 12.5. The summed E-state index contributed by atoms with van der Waals surface area (Å²) in [6.07, 6.45) is 5.62. The number of carbonyl (C=O) groups excluding carboxylic acids is 1. The maximum atomic E-state index is 14.2. The summed E-state index contributed by atoms with van der Waals surface area (Å²) < 4.78 is 104. The lowest BCUT2D eigenvalue weighted by molar-refractivity contribution is -0.0435. The number of halogens is 5. The molecule has 4 aromatic carbocycles. The predicted molar refractivity (Wildman–Crippen MR) is 287 cm³/mol. The first kappa shape index (κ1) is 56.8. The number of allylic oxidation sites excluding steroid dienone is 1. The van der Waals surface area contributed by atoms with Gasteiger partial charge in [0.15, 0.2) is 0 Å². The summed E-state index contributed by atoms with van der Waals surface area (Å²) in [5, 5.41) is 3.71. The van der Waals surface area contributed by atoms with Gasteiger partial charge < -0.3 is 25.6 Å². The van der Waals surface area contributed by atoms with E-state index < -0.39 is 52.8 Å². The van der Waals surface area contributed by atoms with Gasteiger partial charge in [-0.2, -0.15) is 13.2 Å². The number of thioether (sulfide) groups is 1. The molecule has 398 valence electrons. The lowest BCUT2D eigenvalue weighted by atomic mass is 9.71. The van der Waals surface area contributed by atoms with Crippen molar-refractivity contribution < 1.29 is 39.5 Å². The maximum Gasteiger partial charge on any atom is 0.501 e. The molecule has 3 saturated heterocycles. The van der Waals surface area contributed by atoms with E-state index in [9.17, 15) is 34.8 Å². The van der Waals surface area contributed by atoms with E-state index >= 15 is 0 Å². The van der Waals surface area contributed by atoms with Crippen LogP contribution in [-0.2, 0) is 24.6 Å². The zero-order chi connectivity index (χ0) is 51.1. The molecule has 8 rings (SSSR count). The van der Waals surface area contributed by atoms with Gasteiger partial charge in [0, 0.05) is 97.9 Å². The number of piperidine rings is 1. The number of rotatable bonds is 18. The molecule has 1 aliphatic carbocycles. The van der Waals surface area contributed by atoms with Crippen molar-refractivity contribution in [2.75, 3.05) is 101 Å². The number of sulfone groups is 1. The van der Waals surface area contributed by atoms with E-state index in [4.69, 9.17) is 22.1 Å². The zero-order valence-corrected chi connectivity index (χ0v) is 45.0. The van der Waals surface area contributed by atoms with Crippen molar-refractivity contribution in [3.05, 3.63) is 119 Å². The number of nitrogens with zero attached hydrogens (tertiary/aromatic N) is 4. The standard InChI is InChI=1S/C52H65ClF3N7O6S3.ClH/c1-51(37-62-22-18-42(57)19-23-62)21-17-47(38-7-11-41(53)12-8-38)40(34-51)35-61-25-27-63(28-26-61)44-13-9-39(10-14-44)50(64)59-72(67,68)46-15-16-48(49(33-46)71(65,66)52(54,55)56)58-43(20-24-60-29-31-69-32-30-60)36-70-45-5-3-2-4-6-45;/h2-16,33,42-43,58H,17-32,34-37,57H2,1H3,(H,59,64);1H. The minimum Gasteiger partial charge on any atom is -0.380 e. The van der Waals surface area contributed by atoms with E-state index in [1.165, 1.54) is 40.6 Å². The molecule has 73 heavy (non-hydrogen) atoms. The van der Waals surface area contributed by atoms with Crippen LogP contribution in [0.3, 0.4) is 0 Å². The average Bonchev–Trinajstić information content (AvgIpc) is 3.36. The van der Waals surface area contributed by atoms with Crippen LogP contribution >= 0.6 is 35.8 Å². The molecule has 2 unspecified atom stereocenters. The van der Waals surface area contributed by atoms with Gasteiger partial charge in [-0.3, -0.25) is 14.6 Å². The van der Waals surface area contributed by atoms with E-state index in [0.717, 1.165) is 107 Å². The minimum absolute atomic E-state index is 0. The molecule has 13 nitrogen and oxygen atoms in total. The fourth-order valence-corrected chi connectivity index (χ4v) is 13.3. The average molecular weight is 1110 g/mol. The molecule has 0 bridgehead atoms. The Labute approximate surface area is 443 Å². The number of hydrogen-bond acceptors (Lipinski definition) is 13. The first-order valence-corrected chi connectivity index (χ1v) is 29.0. The summed E-state index contributed by atoms with van der Waals surface area (Å²) in [5.74, 6) is -0.658. The smallest absolute Gasteiger partial charge is 0.380 e. The van der Waals surface area contributed by atoms with E-state index in [1.54, 1.807) is 12.1 Å². The van der Waals surface area contributed by atoms with Crippen molar-refractivity contribution in [1.29, 1.82) is 0 Å². The van der Waals surface area contributed by atoms with Crippen molar-refractivity contribution in [2.24, 2.45) is 11.1 Å². The molecule has 0 radical (unpaired) electrons. The number of amides is 1. The monoisotopic (exact) mass is 1110 g/mol. The number of sulfonamides is 1. The third-order valence-electron chi connectivity index (χ3n) is 14.3. The topological polar surface area (TPSA) is 158 Å². The number of nitrogens with one attached hydrogen (secondary N) is 2. The van der Waals surface area contributed by atoms with Crippen LogP contribution in [-0.4, -0.2) is 146 Å². The second-order valence-electron chi connectivity index (χ2n) is 19.7. The second-order valence-corrected chi connectivity index (χ2v) is 24.9. The van der Waals surface area contributed by atoms with Crippen LogP contribution in [0.25, 0.3) is 5.57 Å². The van der Waals surface area contributed by atoms with Gasteiger partial charge in [-0.1, -0.05) is 54.4 Å². The summed E-state index contributed by atoms with van der Waals surface area (Å²) in [7, 11) is -10.9. The molecule has 2 atom stereocenters. The summed E-state index contributed by atoms with van der Waals surface area (Å²) in [4.78, 5) is 21.7.